The smallest absolute Gasteiger partial charge is 0.242 e. The molecule has 0 heterocycles. The molecule has 0 spiro atoms. The molecule has 6 heteroatoms. The van der Waals surface area contributed by atoms with Crippen molar-refractivity contribution < 1.29 is 14.3 Å². The van der Waals surface area contributed by atoms with Crippen molar-refractivity contribution in [3.05, 3.63) is 0 Å². The van der Waals surface area contributed by atoms with E-state index in [1.165, 1.54) is 6.42 Å². The molecular formula is C15H29N3O3. The Morgan fingerprint density at radius 1 is 1.14 bits per heavy atom. The molecule has 0 aliphatic heterocycles. The Hall–Kier alpha value is -1.14. The summed E-state index contributed by atoms with van der Waals surface area (Å²) in [6, 6.07) is -0.474. The summed E-state index contributed by atoms with van der Waals surface area (Å²) < 4.78 is 4.91. The monoisotopic (exact) mass is 299 g/mol. The fraction of sp³-hybridized carbons (Fsp3) is 0.867. The van der Waals surface area contributed by atoms with E-state index in [-0.39, 0.29) is 17.7 Å². The van der Waals surface area contributed by atoms with E-state index in [1.54, 1.807) is 14.0 Å². The average molecular weight is 299 g/mol. The van der Waals surface area contributed by atoms with Crippen molar-refractivity contribution in [3.63, 3.8) is 0 Å². The summed E-state index contributed by atoms with van der Waals surface area (Å²) in [5, 5.41) is 8.78. The number of methoxy groups -OCH3 is 1. The number of amides is 2. The average Bonchev–Trinajstić information content (AvgIpc) is 2.51. The lowest BCUT2D eigenvalue weighted by atomic mass is 9.88. The molecule has 1 rings (SSSR count). The third-order valence-electron chi connectivity index (χ3n) is 3.81. The Morgan fingerprint density at radius 3 is 2.52 bits per heavy atom. The highest BCUT2D eigenvalue weighted by Crippen LogP contribution is 2.23. The van der Waals surface area contributed by atoms with Crippen LogP contribution >= 0.6 is 0 Å². The van der Waals surface area contributed by atoms with Gasteiger partial charge in [-0.15, -0.1) is 0 Å². The zero-order valence-electron chi connectivity index (χ0n) is 13.2. The molecule has 0 bridgehead atoms. The van der Waals surface area contributed by atoms with Crippen molar-refractivity contribution in [2.24, 2.45) is 5.92 Å². The van der Waals surface area contributed by atoms with Crippen LogP contribution < -0.4 is 16.0 Å². The minimum absolute atomic E-state index is 0.0237. The second-order valence-electron chi connectivity index (χ2n) is 5.60. The summed E-state index contributed by atoms with van der Waals surface area (Å²) in [5.41, 5.74) is 0. The molecule has 1 aliphatic rings. The Kier molecular flexibility index (Phi) is 9.01. The van der Waals surface area contributed by atoms with Crippen LogP contribution in [0.5, 0.6) is 0 Å². The minimum atomic E-state index is -0.474. The maximum atomic E-state index is 12.0. The van der Waals surface area contributed by atoms with Crippen LogP contribution in [-0.4, -0.2) is 51.2 Å². The Labute approximate surface area is 127 Å². The van der Waals surface area contributed by atoms with Gasteiger partial charge in [-0.25, -0.2) is 0 Å². The summed E-state index contributed by atoms with van der Waals surface area (Å²) in [6.07, 6.45) is 5.35. The van der Waals surface area contributed by atoms with Gasteiger partial charge in [0.05, 0.1) is 6.61 Å². The molecule has 0 aromatic heterocycles. The molecule has 0 unspecified atom stereocenters. The van der Waals surface area contributed by atoms with Gasteiger partial charge in [0.2, 0.25) is 11.8 Å². The topological polar surface area (TPSA) is 79.5 Å². The fourth-order valence-corrected chi connectivity index (χ4v) is 2.49. The molecule has 122 valence electrons. The van der Waals surface area contributed by atoms with E-state index >= 15 is 0 Å². The van der Waals surface area contributed by atoms with E-state index in [2.05, 4.69) is 16.0 Å². The Morgan fingerprint density at radius 2 is 1.86 bits per heavy atom. The molecule has 1 saturated carbocycles. The highest BCUT2D eigenvalue weighted by atomic mass is 16.5. The number of carbonyl (C=O) groups is 2. The molecule has 0 aromatic carbocycles. The number of hydrogen-bond acceptors (Lipinski definition) is 4. The first-order valence-electron chi connectivity index (χ1n) is 7.93. The second-order valence-corrected chi connectivity index (χ2v) is 5.60. The highest BCUT2D eigenvalue weighted by Gasteiger charge is 2.24. The van der Waals surface area contributed by atoms with Crippen LogP contribution in [-0.2, 0) is 14.3 Å². The number of ether oxygens (including phenoxy) is 1. The molecule has 0 saturated heterocycles. The first kappa shape index (κ1) is 17.9. The fourth-order valence-electron chi connectivity index (χ4n) is 2.49. The van der Waals surface area contributed by atoms with Gasteiger partial charge in [0.15, 0.2) is 0 Å². The second kappa shape index (κ2) is 10.6. The lowest BCUT2D eigenvalue weighted by Gasteiger charge is -2.23. The zero-order valence-corrected chi connectivity index (χ0v) is 13.2. The molecule has 0 aromatic rings. The maximum absolute atomic E-state index is 12.0. The molecule has 0 radical (unpaired) electrons. The third-order valence-corrected chi connectivity index (χ3v) is 3.81. The van der Waals surface area contributed by atoms with Crippen LogP contribution in [0.1, 0.15) is 39.0 Å². The number of hydrogen-bond donors (Lipinski definition) is 3. The third kappa shape index (κ3) is 7.43. The predicted molar refractivity (Wildman–Crippen MR) is 81.9 cm³/mol. The molecule has 2 amide bonds. The van der Waals surface area contributed by atoms with Crippen molar-refractivity contribution in [1.29, 1.82) is 0 Å². The van der Waals surface area contributed by atoms with Gasteiger partial charge in [-0.1, -0.05) is 19.3 Å². The van der Waals surface area contributed by atoms with Crippen LogP contribution in [0, 0.1) is 5.92 Å². The normalized spacial score (nSPS) is 17.2. The van der Waals surface area contributed by atoms with Crippen LogP contribution in [0.4, 0.5) is 0 Å². The van der Waals surface area contributed by atoms with Crippen LogP contribution in [0.15, 0.2) is 0 Å². The van der Waals surface area contributed by atoms with Crippen LogP contribution in [0.3, 0.4) is 0 Å². The lowest BCUT2D eigenvalue weighted by Crippen LogP contribution is -2.48. The van der Waals surface area contributed by atoms with E-state index in [0.29, 0.717) is 19.7 Å². The summed E-state index contributed by atoms with van der Waals surface area (Å²) in [5.74, 6) is -0.0204. The van der Waals surface area contributed by atoms with E-state index in [4.69, 9.17) is 4.74 Å². The predicted octanol–water partition coefficient (Wildman–Crippen LogP) is 0.424. The van der Waals surface area contributed by atoms with Gasteiger partial charge in [-0.2, -0.15) is 0 Å². The van der Waals surface area contributed by atoms with Crippen molar-refractivity contribution in [1.82, 2.24) is 16.0 Å². The maximum Gasteiger partial charge on any atom is 0.242 e. The van der Waals surface area contributed by atoms with Gasteiger partial charge < -0.3 is 20.7 Å². The zero-order chi connectivity index (χ0) is 15.5. The highest BCUT2D eigenvalue weighted by molar-refractivity contribution is 5.88. The van der Waals surface area contributed by atoms with Crippen molar-refractivity contribution in [3.8, 4) is 0 Å². The van der Waals surface area contributed by atoms with Crippen LogP contribution in [0.25, 0.3) is 0 Å². The summed E-state index contributed by atoms with van der Waals surface area (Å²) in [4.78, 5) is 23.9. The number of rotatable bonds is 9. The molecule has 6 nitrogen and oxygen atoms in total. The number of nitrogens with one attached hydrogen (secondary N) is 3. The SMILES string of the molecule is COCCNCCNC(=O)[C@H](C)NC(=O)C1CCCCC1. The van der Waals surface area contributed by atoms with Gasteiger partial charge in [-0.3, -0.25) is 9.59 Å². The van der Waals surface area contributed by atoms with E-state index in [9.17, 15) is 9.59 Å². The van der Waals surface area contributed by atoms with Crippen LogP contribution in [0.2, 0.25) is 0 Å². The minimum Gasteiger partial charge on any atom is -0.383 e. The Bertz CT molecular complexity index is 317. The first-order chi connectivity index (χ1) is 10.1. The summed E-state index contributed by atoms with van der Waals surface area (Å²) >= 11 is 0. The quantitative estimate of drug-likeness (QED) is 0.539. The standard InChI is InChI=1S/C15H29N3O3/c1-12(14(19)17-9-8-16-10-11-21-2)18-15(20)13-6-4-3-5-7-13/h12-13,16H,3-11H2,1-2H3,(H,17,19)(H,18,20)/t12-/m0/s1. The molecule has 21 heavy (non-hydrogen) atoms. The Balaban J connectivity index is 2.13. The molecular weight excluding hydrogens is 270 g/mol. The van der Waals surface area contributed by atoms with Gasteiger partial charge in [0.1, 0.15) is 6.04 Å². The van der Waals surface area contributed by atoms with Gasteiger partial charge in [0, 0.05) is 32.7 Å². The van der Waals surface area contributed by atoms with Crippen molar-refractivity contribution in [2.45, 2.75) is 45.1 Å². The van der Waals surface area contributed by atoms with Crippen molar-refractivity contribution in [2.75, 3.05) is 33.4 Å². The van der Waals surface area contributed by atoms with Gasteiger partial charge in [0.25, 0.3) is 0 Å². The summed E-state index contributed by atoms with van der Waals surface area (Å²) in [7, 11) is 1.65. The molecule has 1 fully saturated rings. The largest absolute Gasteiger partial charge is 0.383 e. The molecule has 1 aliphatic carbocycles. The van der Waals surface area contributed by atoms with E-state index < -0.39 is 6.04 Å². The van der Waals surface area contributed by atoms with E-state index in [1.807, 2.05) is 0 Å². The summed E-state index contributed by atoms with van der Waals surface area (Å²) in [6.45, 7) is 4.39. The molecule has 3 N–H and O–H groups in total. The van der Waals surface area contributed by atoms with Crippen molar-refractivity contribution >= 4 is 11.8 Å². The van der Waals surface area contributed by atoms with Gasteiger partial charge in [-0.05, 0) is 19.8 Å². The lowest BCUT2D eigenvalue weighted by molar-refractivity contribution is -0.131. The molecule has 1 atom stereocenters. The van der Waals surface area contributed by atoms with E-state index in [0.717, 1.165) is 32.2 Å². The van der Waals surface area contributed by atoms with Gasteiger partial charge >= 0.3 is 0 Å². The first-order valence-corrected chi connectivity index (χ1v) is 7.93. The number of carbonyl (C=O) groups excluding carboxylic acids is 2.